The van der Waals surface area contributed by atoms with E-state index in [1.165, 1.54) is 26.9 Å². The third-order valence-electron chi connectivity index (χ3n) is 11.2. The summed E-state index contributed by atoms with van der Waals surface area (Å²) < 4.78 is 0. The first-order chi connectivity index (χ1) is 28.8. The summed E-state index contributed by atoms with van der Waals surface area (Å²) in [6, 6.07) is 74.9. The normalized spacial score (nSPS) is 11.4. The van der Waals surface area contributed by atoms with Crippen molar-refractivity contribution in [2.24, 2.45) is 0 Å². The molecule has 0 amide bonds. The van der Waals surface area contributed by atoms with Gasteiger partial charge in [-0.2, -0.15) is 0 Å². The van der Waals surface area contributed by atoms with Crippen LogP contribution in [0.5, 0.6) is 0 Å². The van der Waals surface area contributed by atoms with Crippen LogP contribution in [0.2, 0.25) is 0 Å². The Labute approximate surface area is 336 Å². The van der Waals surface area contributed by atoms with Gasteiger partial charge in [0, 0.05) is 44.0 Å². The molecular formula is C55H35N3. The molecule has 2 heterocycles. The van der Waals surface area contributed by atoms with Crippen LogP contribution in [0.25, 0.3) is 111 Å². The van der Waals surface area contributed by atoms with Crippen molar-refractivity contribution < 1.29 is 0 Å². The van der Waals surface area contributed by atoms with Gasteiger partial charge in [0.1, 0.15) is 0 Å². The molecule has 2 aromatic heterocycles. The molecule has 3 nitrogen and oxygen atoms in total. The minimum atomic E-state index is 0.677. The zero-order valence-corrected chi connectivity index (χ0v) is 31.5. The van der Waals surface area contributed by atoms with E-state index < -0.39 is 0 Å². The van der Waals surface area contributed by atoms with E-state index in [4.69, 9.17) is 15.0 Å². The third-order valence-corrected chi connectivity index (χ3v) is 11.2. The standard InChI is InChI=1S/C55H35N3/c1-4-18-36(19-5-1)39-24-16-27-42(34-39)55-57-52(37-20-6-2-7-21-37)49(53(58-55)38-22-8-3-9-23-38)40-25-17-26-41(35-40)54-51-46-31-13-11-29-44(46)43-28-10-12-30-45(43)50(51)47-32-14-15-33-48(47)56-54/h1-35H. The van der Waals surface area contributed by atoms with Crippen molar-refractivity contribution in [1.29, 1.82) is 0 Å². The van der Waals surface area contributed by atoms with Crippen LogP contribution in [0.4, 0.5) is 0 Å². The molecule has 0 bridgehead atoms. The van der Waals surface area contributed by atoms with Gasteiger partial charge in [-0.3, -0.25) is 0 Å². The van der Waals surface area contributed by atoms with E-state index in [-0.39, 0.29) is 0 Å². The van der Waals surface area contributed by atoms with E-state index in [1.807, 2.05) is 6.07 Å². The molecule has 0 fully saturated rings. The van der Waals surface area contributed by atoms with E-state index in [0.29, 0.717) is 5.82 Å². The molecule has 58 heavy (non-hydrogen) atoms. The number of nitrogens with zero attached hydrogens (tertiary/aromatic N) is 3. The molecular weight excluding hydrogens is 703 g/mol. The Morgan fingerprint density at radius 2 is 0.672 bits per heavy atom. The van der Waals surface area contributed by atoms with Gasteiger partial charge < -0.3 is 0 Å². The molecule has 0 unspecified atom stereocenters. The maximum atomic E-state index is 5.48. The van der Waals surface area contributed by atoms with Crippen molar-refractivity contribution in [2.45, 2.75) is 0 Å². The number of fused-ring (bicyclic) bond motifs is 8. The summed E-state index contributed by atoms with van der Waals surface area (Å²) >= 11 is 0. The monoisotopic (exact) mass is 737 g/mol. The van der Waals surface area contributed by atoms with Crippen LogP contribution < -0.4 is 0 Å². The highest BCUT2D eigenvalue weighted by atomic mass is 14.9. The second-order valence-electron chi connectivity index (χ2n) is 14.7. The Hall–Kier alpha value is -7.75. The van der Waals surface area contributed by atoms with E-state index >= 15 is 0 Å². The largest absolute Gasteiger partial charge is 0.247 e. The molecule has 0 spiro atoms. The number of pyridine rings is 1. The fraction of sp³-hybridized carbons (Fsp3) is 0. The zero-order chi connectivity index (χ0) is 38.4. The van der Waals surface area contributed by atoms with Crippen molar-refractivity contribution in [1.82, 2.24) is 15.0 Å². The lowest BCUT2D eigenvalue weighted by Gasteiger charge is -2.19. The summed E-state index contributed by atoms with van der Waals surface area (Å²) in [7, 11) is 0. The second kappa shape index (κ2) is 14.1. The number of para-hydroxylation sites is 1. The Balaban J connectivity index is 1.20. The highest BCUT2D eigenvalue weighted by Gasteiger charge is 2.22. The van der Waals surface area contributed by atoms with Crippen molar-refractivity contribution in [3.05, 3.63) is 212 Å². The molecule has 0 saturated carbocycles. The molecule has 0 N–H and O–H groups in total. The minimum Gasteiger partial charge on any atom is -0.247 e. The first-order valence-electron chi connectivity index (χ1n) is 19.7. The molecule has 11 aromatic rings. The summed E-state index contributed by atoms with van der Waals surface area (Å²) in [5, 5.41) is 8.41. The summed E-state index contributed by atoms with van der Waals surface area (Å²) in [5.74, 6) is 0.677. The number of rotatable bonds is 6. The molecule has 0 atom stereocenters. The van der Waals surface area contributed by atoms with Gasteiger partial charge in [-0.1, -0.05) is 194 Å². The highest BCUT2D eigenvalue weighted by molar-refractivity contribution is 6.33. The van der Waals surface area contributed by atoms with Crippen LogP contribution in [0.15, 0.2) is 212 Å². The Morgan fingerprint density at radius 1 is 0.241 bits per heavy atom. The van der Waals surface area contributed by atoms with Crippen LogP contribution in [0.1, 0.15) is 0 Å². The molecule has 3 heteroatoms. The quantitative estimate of drug-likeness (QED) is 0.160. The molecule has 0 saturated heterocycles. The molecule has 0 aliphatic carbocycles. The number of hydrogen-bond acceptors (Lipinski definition) is 3. The first kappa shape index (κ1) is 33.6. The molecule has 0 radical (unpaired) electrons. The summed E-state index contributed by atoms with van der Waals surface area (Å²) in [6.45, 7) is 0. The fourth-order valence-corrected chi connectivity index (χ4v) is 8.60. The Morgan fingerprint density at radius 3 is 1.29 bits per heavy atom. The molecule has 9 aromatic carbocycles. The zero-order valence-electron chi connectivity index (χ0n) is 31.5. The predicted molar refractivity (Wildman–Crippen MR) is 242 cm³/mol. The average molecular weight is 738 g/mol. The second-order valence-corrected chi connectivity index (χ2v) is 14.7. The average Bonchev–Trinajstić information content (AvgIpc) is 3.31. The van der Waals surface area contributed by atoms with E-state index in [2.05, 4.69) is 206 Å². The van der Waals surface area contributed by atoms with Gasteiger partial charge in [0.25, 0.3) is 0 Å². The van der Waals surface area contributed by atoms with Gasteiger partial charge in [-0.15, -0.1) is 0 Å². The molecule has 11 rings (SSSR count). The highest BCUT2D eigenvalue weighted by Crippen LogP contribution is 2.45. The third kappa shape index (κ3) is 5.72. The maximum Gasteiger partial charge on any atom is 0.160 e. The number of benzene rings is 9. The minimum absolute atomic E-state index is 0.677. The van der Waals surface area contributed by atoms with Gasteiger partial charge in [0.05, 0.1) is 22.6 Å². The number of aromatic nitrogens is 3. The van der Waals surface area contributed by atoms with Gasteiger partial charge in [-0.25, -0.2) is 15.0 Å². The molecule has 0 aliphatic heterocycles. The SMILES string of the molecule is c1ccc(-c2cccc(-c3nc(-c4ccccc4)c(-c4cccc(-c5nc6ccccc6c6c7ccccc7c7ccccc7c56)c4)c(-c4ccccc4)n3)c2)cc1. The van der Waals surface area contributed by atoms with Crippen LogP contribution in [0.3, 0.4) is 0 Å². The summed E-state index contributed by atoms with van der Waals surface area (Å²) in [6.07, 6.45) is 0. The summed E-state index contributed by atoms with van der Waals surface area (Å²) in [4.78, 5) is 16.4. The Bertz CT molecular complexity index is 3260. The van der Waals surface area contributed by atoms with Crippen molar-refractivity contribution in [3.63, 3.8) is 0 Å². The lowest BCUT2D eigenvalue weighted by Crippen LogP contribution is -2.01. The lowest BCUT2D eigenvalue weighted by atomic mass is 9.88. The fourth-order valence-electron chi connectivity index (χ4n) is 8.60. The van der Waals surface area contributed by atoms with Gasteiger partial charge >= 0.3 is 0 Å². The number of hydrogen-bond donors (Lipinski definition) is 0. The van der Waals surface area contributed by atoms with Gasteiger partial charge in [-0.05, 0) is 56.4 Å². The maximum absolute atomic E-state index is 5.48. The first-order valence-corrected chi connectivity index (χ1v) is 19.7. The van der Waals surface area contributed by atoms with Gasteiger partial charge in [0.2, 0.25) is 0 Å². The van der Waals surface area contributed by atoms with E-state index in [0.717, 1.165) is 77.9 Å². The van der Waals surface area contributed by atoms with Crippen LogP contribution in [-0.4, -0.2) is 15.0 Å². The van der Waals surface area contributed by atoms with Crippen molar-refractivity contribution in [3.8, 4) is 67.4 Å². The molecule has 270 valence electrons. The van der Waals surface area contributed by atoms with E-state index in [1.54, 1.807) is 0 Å². The Kier molecular flexibility index (Phi) is 8.15. The van der Waals surface area contributed by atoms with Gasteiger partial charge in [0.15, 0.2) is 5.82 Å². The summed E-state index contributed by atoms with van der Waals surface area (Å²) in [5.41, 5.74) is 12.0. The van der Waals surface area contributed by atoms with Crippen molar-refractivity contribution >= 4 is 43.2 Å². The van der Waals surface area contributed by atoms with E-state index in [9.17, 15) is 0 Å². The van der Waals surface area contributed by atoms with Crippen LogP contribution in [-0.2, 0) is 0 Å². The lowest BCUT2D eigenvalue weighted by molar-refractivity contribution is 1.18. The molecule has 0 aliphatic rings. The predicted octanol–water partition coefficient (Wildman–Crippen LogP) is 14.5. The topological polar surface area (TPSA) is 38.7 Å². The van der Waals surface area contributed by atoms with Crippen LogP contribution >= 0.6 is 0 Å². The van der Waals surface area contributed by atoms with Crippen molar-refractivity contribution in [2.75, 3.05) is 0 Å². The van der Waals surface area contributed by atoms with Crippen LogP contribution in [0, 0.1) is 0 Å². The smallest absolute Gasteiger partial charge is 0.160 e.